The van der Waals surface area contributed by atoms with Crippen LogP contribution in [0.5, 0.6) is 5.75 Å². The quantitative estimate of drug-likeness (QED) is 0.738. The van der Waals surface area contributed by atoms with Crippen LogP contribution in [0, 0.1) is 0 Å². The molecule has 5 nitrogen and oxygen atoms in total. The van der Waals surface area contributed by atoms with Crippen LogP contribution in [0.25, 0.3) is 11.1 Å². The third kappa shape index (κ3) is 2.57. The minimum atomic E-state index is 0.239. The molecule has 2 rings (SSSR count). The molecule has 0 amide bonds. The molecule has 2 aromatic rings. The Morgan fingerprint density at radius 3 is 2.59 bits per heavy atom. The summed E-state index contributed by atoms with van der Waals surface area (Å²) >= 11 is 0. The number of hydrogen-bond donors (Lipinski definition) is 3. The van der Waals surface area contributed by atoms with Gasteiger partial charge >= 0.3 is 0 Å². The molecule has 0 fully saturated rings. The molecular weight excluding hydrogens is 216 g/mol. The third-order valence-corrected chi connectivity index (χ3v) is 2.56. The maximum atomic E-state index is 9.23. The summed E-state index contributed by atoms with van der Waals surface area (Å²) in [6.45, 7) is 1.40. The van der Waals surface area contributed by atoms with Gasteiger partial charge in [-0.05, 0) is 30.7 Å². The highest BCUT2D eigenvalue weighted by atomic mass is 16.3. The summed E-state index contributed by atoms with van der Waals surface area (Å²) < 4.78 is 1.80. The Bertz CT molecular complexity index is 490. The Morgan fingerprint density at radius 2 is 1.94 bits per heavy atom. The minimum absolute atomic E-state index is 0.239. The van der Waals surface area contributed by atoms with Gasteiger partial charge in [0, 0.05) is 18.3 Å². The number of hydrogen-bond acceptors (Lipinski definition) is 4. The summed E-state index contributed by atoms with van der Waals surface area (Å²) in [5.74, 6) is 0.732. The fourth-order valence-electron chi connectivity index (χ4n) is 1.67. The number of rotatable bonds is 4. The van der Waals surface area contributed by atoms with Crippen molar-refractivity contribution >= 4 is 5.82 Å². The van der Waals surface area contributed by atoms with Crippen molar-refractivity contribution < 1.29 is 5.11 Å². The predicted octanol–water partition coefficient (Wildman–Crippen LogP) is 1.19. The van der Waals surface area contributed by atoms with E-state index >= 15 is 0 Å². The van der Waals surface area contributed by atoms with E-state index in [9.17, 15) is 5.11 Å². The molecule has 1 aromatic heterocycles. The van der Waals surface area contributed by atoms with Crippen LogP contribution >= 0.6 is 0 Å². The fourth-order valence-corrected chi connectivity index (χ4v) is 1.67. The van der Waals surface area contributed by atoms with Crippen LogP contribution in [0.3, 0.4) is 0 Å². The SMILES string of the molecule is NCCCn1cc(-c2ccc(O)cc2)c(N)n1. The molecule has 0 spiro atoms. The number of aryl methyl sites for hydroxylation is 1. The van der Waals surface area contributed by atoms with Gasteiger partial charge in [0.25, 0.3) is 0 Å². The van der Waals surface area contributed by atoms with Crippen molar-refractivity contribution in [3.63, 3.8) is 0 Å². The van der Waals surface area contributed by atoms with Gasteiger partial charge in [0.2, 0.25) is 0 Å². The lowest BCUT2D eigenvalue weighted by atomic mass is 10.1. The first-order valence-electron chi connectivity index (χ1n) is 5.53. The van der Waals surface area contributed by atoms with E-state index < -0.39 is 0 Å². The van der Waals surface area contributed by atoms with Crippen molar-refractivity contribution in [3.05, 3.63) is 30.5 Å². The van der Waals surface area contributed by atoms with Crippen molar-refractivity contribution in [2.24, 2.45) is 5.73 Å². The number of anilines is 1. The molecule has 17 heavy (non-hydrogen) atoms. The van der Waals surface area contributed by atoms with Crippen LogP contribution in [-0.2, 0) is 6.54 Å². The van der Waals surface area contributed by atoms with Crippen LogP contribution < -0.4 is 11.5 Å². The lowest BCUT2D eigenvalue weighted by Crippen LogP contribution is -2.06. The zero-order valence-corrected chi connectivity index (χ0v) is 9.50. The van der Waals surface area contributed by atoms with E-state index in [1.54, 1.807) is 16.8 Å². The van der Waals surface area contributed by atoms with Crippen molar-refractivity contribution in [2.75, 3.05) is 12.3 Å². The smallest absolute Gasteiger partial charge is 0.153 e. The van der Waals surface area contributed by atoms with Crippen molar-refractivity contribution in [1.82, 2.24) is 9.78 Å². The molecule has 0 unspecified atom stereocenters. The molecular formula is C12H16N4O. The summed E-state index contributed by atoms with van der Waals surface area (Å²) in [4.78, 5) is 0. The van der Waals surface area contributed by atoms with Gasteiger partial charge in [-0.3, -0.25) is 4.68 Å². The number of nitrogens with zero attached hydrogens (tertiary/aromatic N) is 2. The van der Waals surface area contributed by atoms with Crippen molar-refractivity contribution in [3.8, 4) is 16.9 Å². The number of nitrogens with two attached hydrogens (primary N) is 2. The first-order valence-corrected chi connectivity index (χ1v) is 5.53. The third-order valence-electron chi connectivity index (χ3n) is 2.56. The number of benzene rings is 1. The molecule has 0 aliphatic heterocycles. The fraction of sp³-hybridized carbons (Fsp3) is 0.250. The van der Waals surface area contributed by atoms with E-state index in [0.29, 0.717) is 12.4 Å². The number of phenolic OH excluding ortho intramolecular Hbond substituents is 1. The molecule has 5 N–H and O–H groups in total. The highest BCUT2D eigenvalue weighted by molar-refractivity contribution is 5.73. The molecule has 0 saturated heterocycles. The summed E-state index contributed by atoms with van der Waals surface area (Å²) in [7, 11) is 0. The number of aromatic nitrogens is 2. The topological polar surface area (TPSA) is 90.1 Å². The van der Waals surface area contributed by atoms with E-state index in [4.69, 9.17) is 11.5 Å². The molecule has 0 aliphatic rings. The number of aromatic hydroxyl groups is 1. The van der Waals surface area contributed by atoms with Gasteiger partial charge in [0.15, 0.2) is 5.82 Å². The molecule has 0 atom stereocenters. The number of nitrogen functional groups attached to an aromatic ring is 1. The van der Waals surface area contributed by atoms with Crippen LogP contribution in [0.2, 0.25) is 0 Å². The largest absolute Gasteiger partial charge is 0.508 e. The molecule has 0 saturated carbocycles. The Kier molecular flexibility index (Phi) is 3.30. The van der Waals surface area contributed by atoms with Crippen molar-refractivity contribution in [1.29, 1.82) is 0 Å². The van der Waals surface area contributed by atoms with Gasteiger partial charge in [0.1, 0.15) is 5.75 Å². The second kappa shape index (κ2) is 4.88. The first kappa shape index (κ1) is 11.5. The van der Waals surface area contributed by atoms with E-state index in [0.717, 1.165) is 24.1 Å². The monoisotopic (exact) mass is 232 g/mol. The molecule has 1 heterocycles. The highest BCUT2D eigenvalue weighted by Crippen LogP contribution is 2.26. The normalized spacial score (nSPS) is 10.6. The van der Waals surface area contributed by atoms with Gasteiger partial charge in [-0.2, -0.15) is 5.10 Å². The van der Waals surface area contributed by atoms with Gasteiger partial charge in [0.05, 0.1) is 0 Å². The molecule has 0 radical (unpaired) electrons. The molecule has 0 aliphatic carbocycles. The maximum absolute atomic E-state index is 9.23. The Balaban J connectivity index is 2.26. The van der Waals surface area contributed by atoms with Crippen molar-refractivity contribution in [2.45, 2.75) is 13.0 Å². The van der Waals surface area contributed by atoms with E-state index in [1.807, 2.05) is 18.3 Å². The second-order valence-electron chi connectivity index (χ2n) is 3.88. The maximum Gasteiger partial charge on any atom is 0.153 e. The van der Waals surface area contributed by atoms with Gasteiger partial charge in [-0.25, -0.2) is 0 Å². The van der Waals surface area contributed by atoms with Gasteiger partial charge < -0.3 is 16.6 Å². The summed E-state index contributed by atoms with van der Waals surface area (Å²) in [5, 5.41) is 13.5. The minimum Gasteiger partial charge on any atom is -0.508 e. The standard InChI is InChI=1S/C12H16N4O/c13-6-1-7-16-8-11(12(14)15-16)9-2-4-10(17)5-3-9/h2-5,8,17H,1,6-7,13H2,(H2,14,15). The van der Waals surface area contributed by atoms with E-state index in [1.165, 1.54) is 0 Å². The average molecular weight is 232 g/mol. The van der Waals surface area contributed by atoms with Crippen LogP contribution in [0.15, 0.2) is 30.5 Å². The average Bonchev–Trinajstić information content (AvgIpc) is 2.69. The second-order valence-corrected chi connectivity index (χ2v) is 3.88. The van der Waals surface area contributed by atoms with Crippen LogP contribution in [0.4, 0.5) is 5.82 Å². The Labute approximate surface area is 99.7 Å². The van der Waals surface area contributed by atoms with E-state index in [-0.39, 0.29) is 5.75 Å². The zero-order chi connectivity index (χ0) is 12.3. The van der Waals surface area contributed by atoms with Gasteiger partial charge in [-0.1, -0.05) is 12.1 Å². The predicted molar refractivity (Wildman–Crippen MR) is 67.4 cm³/mol. The Hall–Kier alpha value is -2.01. The molecule has 1 aromatic carbocycles. The first-order chi connectivity index (χ1) is 8.20. The number of phenols is 1. The summed E-state index contributed by atoms with van der Waals surface area (Å²) in [6, 6.07) is 6.89. The summed E-state index contributed by atoms with van der Waals surface area (Å²) in [5.41, 5.74) is 13.1. The molecule has 5 heteroatoms. The van der Waals surface area contributed by atoms with E-state index in [2.05, 4.69) is 5.10 Å². The Morgan fingerprint density at radius 1 is 1.24 bits per heavy atom. The van der Waals surface area contributed by atoms with Crippen LogP contribution in [0.1, 0.15) is 6.42 Å². The lowest BCUT2D eigenvalue weighted by molar-refractivity contribution is 0.475. The molecule has 0 bridgehead atoms. The van der Waals surface area contributed by atoms with Gasteiger partial charge in [-0.15, -0.1) is 0 Å². The molecule has 90 valence electrons. The zero-order valence-electron chi connectivity index (χ0n) is 9.50. The van der Waals surface area contributed by atoms with Crippen LogP contribution in [-0.4, -0.2) is 21.4 Å². The lowest BCUT2D eigenvalue weighted by Gasteiger charge is -1.99. The highest BCUT2D eigenvalue weighted by Gasteiger charge is 2.07. The summed E-state index contributed by atoms with van der Waals surface area (Å²) in [6.07, 6.45) is 2.77.